The third kappa shape index (κ3) is 4.86. The lowest BCUT2D eigenvalue weighted by Crippen LogP contribution is -2.47. The van der Waals surface area contributed by atoms with Gasteiger partial charge >= 0.3 is 0 Å². The van der Waals surface area contributed by atoms with Gasteiger partial charge in [-0.05, 0) is 6.42 Å². The van der Waals surface area contributed by atoms with E-state index in [1.807, 2.05) is 0 Å². The molecule has 0 saturated carbocycles. The third-order valence-electron chi connectivity index (χ3n) is 3.85. The Morgan fingerprint density at radius 3 is 1.94 bits per heavy atom. The van der Waals surface area contributed by atoms with Gasteiger partial charge in [0.25, 0.3) is 0 Å². The molecule has 1 saturated heterocycles. The number of hydrogen-bond acceptors (Lipinski definition) is 1. The van der Waals surface area contributed by atoms with Gasteiger partial charge in [-0.15, -0.1) is 0 Å². The Balaban J connectivity index is 1.82. The van der Waals surface area contributed by atoms with Gasteiger partial charge in [-0.1, -0.05) is 72.1 Å². The largest absolute Gasteiger partial charge is 0.377 e. The average Bonchev–Trinajstić information content (AvgIpc) is 2.25. The van der Waals surface area contributed by atoms with Crippen LogP contribution in [0.2, 0.25) is 0 Å². The summed E-state index contributed by atoms with van der Waals surface area (Å²) in [5.41, 5.74) is 0.459. The van der Waals surface area contributed by atoms with Gasteiger partial charge in [-0.2, -0.15) is 0 Å². The Morgan fingerprint density at radius 2 is 1.50 bits per heavy atom. The van der Waals surface area contributed by atoms with Crippen LogP contribution in [0.25, 0.3) is 0 Å². The highest BCUT2D eigenvalue weighted by molar-refractivity contribution is 4.86. The number of hydrogen-bond donors (Lipinski definition) is 0. The van der Waals surface area contributed by atoms with Gasteiger partial charge in [0.15, 0.2) is 0 Å². The maximum Gasteiger partial charge on any atom is 0.0648 e. The molecule has 0 aliphatic carbocycles. The molecule has 0 bridgehead atoms. The summed E-state index contributed by atoms with van der Waals surface area (Å²) in [6.07, 6.45) is 13.1. The highest BCUT2D eigenvalue weighted by Crippen LogP contribution is 2.36. The zero-order valence-corrected chi connectivity index (χ0v) is 11.6. The fraction of sp³-hybridized carbons (Fsp3) is 1.00. The Bertz CT molecular complexity index is 174. The number of rotatable bonds is 9. The van der Waals surface area contributed by atoms with E-state index in [1.54, 1.807) is 0 Å². The summed E-state index contributed by atoms with van der Waals surface area (Å²) in [7, 11) is 0. The summed E-state index contributed by atoms with van der Waals surface area (Å²) in [6.45, 7) is 7.90. The van der Waals surface area contributed by atoms with Crippen molar-refractivity contribution in [1.29, 1.82) is 0 Å². The quantitative estimate of drug-likeness (QED) is 0.506. The summed E-state index contributed by atoms with van der Waals surface area (Å²) in [4.78, 5) is 0. The molecule has 1 heterocycles. The van der Waals surface area contributed by atoms with Gasteiger partial charge in [0.1, 0.15) is 0 Å². The van der Waals surface area contributed by atoms with E-state index in [9.17, 15) is 0 Å². The van der Waals surface area contributed by atoms with Crippen molar-refractivity contribution in [3.05, 3.63) is 0 Å². The Kier molecular flexibility index (Phi) is 6.41. The second-order valence-electron chi connectivity index (χ2n) is 6.05. The van der Waals surface area contributed by atoms with Crippen LogP contribution in [0, 0.1) is 5.41 Å². The van der Waals surface area contributed by atoms with Crippen LogP contribution in [-0.2, 0) is 4.74 Å². The molecule has 1 nitrogen and oxygen atoms in total. The highest BCUT2D eigenvalue weighted by atomic mass is 16.5. The smallest absolute Gasteiger partial charge is 0.0648 e. The van der Waals surface area contributed by atoms with E-state index in [1.165, 1.54) is 57.8 Å². The molecule has 0 aromatic heterocycles. The van der Waals surface area contributed by atoms with Crippen LogP contribution in [0.5, 0.6) is 0 Å². The molecule has 96 valence electrons. The zero-order chi connectivity index (χ0) is 11.9. The van der Waals surface area contributed by atoms with Gasteiger partial charge in [-0.3, -0.25) is 0 Å². The summed E-state index contributed by atoms with van der Waals surface area (Å²) in [6, 6.07) is 0. The minimum atomic E-state index is 0.459. The van der Waals surface area contributed by atoms with E-state index in [0.717, 1.165) is 6.61 Å². The molecule has 0 radical (unpaired) electrons. The maximum absolute atomic E-state index is 5.61. The normalized spacial score (nSPS) is 23.1. The SMILES string of the molecule is CCCCCCCCCCC1OCC1(C)C. The summed E-state index contributed by atoms with van der Waals surface area (Å²) < 4.78 is 5.61. The molecule has 1 heteroatoms. The molecule has 0 spiro atoms. The molecule has 16 heavy (non-hydrogen) atoms. The van der Waals surface area contributed by atoms with Gasteiger partial charge in [0.2, 0.25) is 0 Å². The van der Waals surface area contributed by atoms with E-state index < -0.39 is 0 Å². The molecule has 1 fully saturated rings. The fourth-order valence-electron chi connectivity index (χ4n) is 2.47. The van der Waals surface area contributed by atoms with E-state index in [-0.39, 0.29) is 0 Å². The number of unbranched alkanes of at least 4 members (excludes halogenated alkanes) is 7. The Morgan fingerprint density at radius 1 is 0.938 bits per heavy atom. The van der Waals surface area contributed by atoms with Crippen molar-refractivity contribution in [1.82, 2.24) is 0 Å². The molecule has 1 aliphatic heterocycles. The summed E-state index contributed by atoms with van der Waals surface area (Å²) in [5.74, 6) is 0. The minimum absolute atomic E-state index is 0.459. The summed E-state index contributed by atoms with van der Waals surface area (Å²) in [5, 5.41) is 0. The molecule has 0 aromatic rings. The molecule has 0 aromatic carbocycles. The average molecular weight is 226 g/mol. The van der Waals surface area contributed by atoms with E-state index in [4.69, 9.17) is 4.74 Å². The second-order valence-corrected chi connectivity index (χ2v) is 6.05. The second kappa shape index (κ2) is 7.32. The third-order valence-corrected chi connectivity index (χ3v) is 3.85. The van der Waals surface area contributed by atoms with E-state index in [2.05, 4.69) is 20.8 Å². The highest BCUT2D eigenvalue weighted by Gasteiger charge is 2.38. The summed E-state index contributed by atoms with van der Waals surface area (Å²) >= 11 is 0. The minimum Gasteiger partial charge on any atom is -0.377 e. The number of ether oxygens (including phenoxy) is 1. The molecule has 1 aliphatic rings. The van der Waals surface area contributed by atoms with Gasteiger partial charge in [0.05, 0.1) is 12.7 Å². The van der Waals surface area contributed by atoms with Crippen molar-refractivity contribution in [2.45, 2.75) is 84.7 Å². The molecule has 1 atom stereocenters. The van der Waals surface area contributed by atoms with Crippen LogP contribution in [0.4, 0.5) is 0 Å². The lowest BCUT2D eigenvalue weighted by molar-refractivity contribution is -0.171. The molecular formula is C15H30O. The fourth-order valence-corrected chi connectivity index (χ4v) is 2.47. The monoisotopic (exact) mass is 226 g/mol. The first-order chi connectivity index (χ1) is 7.67. The van der Waals surface area contributed by atoms with Crippen molar-refractivity contribution in [2.24, 2.45) is 5.41 Å². The van der Waals surface area contributed by atoms with Crippen molar-refractivity contribution in [3.63, 3.8) is 0 Å². The Hall–Kier alpha value is -0.0400. The lowest BCUT2D eigenvalue weighted by Gasteiger charge is -2.44. The van der Waals surface area contributed by atoms with Crippen LogP contribution >= 0.6 is 0 Å². The van der Waals surface area contributed by atoms with Crippen LogP contribution in [0.3, 0.4) is 0 Å². The topological polar surface area (TPSA) is 9.23 Å². The molecule has 1 unspecified atom stereocenters. The van der Waals surface area contributed by atoms with Crippen molar-refractivity contribution < 1.29 is 4.74 Å². The van der Waals surface area contributed by atoms with Crippen LogP contribution < -0.4 is 0 Å². The van der Waals surface area contributed by atoms with Crippen molar-refractivity contribution >= 4 is 0 Å². The first-order valence-corrected chi connectivity index (χ1v) is 7.28. The molecule has 0 N–H and O–H groups in total. The predicted octanol–water partition coefficient (Wildman–Crippen LogP) is 4.94. The van der Waals surface area contributed by atoms with Gasteiger partial charge < -0.3 is 4.74 Å². The van der Waals surface area contributed by atoms with Crippen LogP contribution in [0.1, 0.15) is 78.6 Å². The Labute approximate surface area is 102 Å². The van der Waals surface area contributed by atoms with Crippen LogP contribution in [-0.4, -0.2) is 12.7 Å². The van der Waals surface area contributed by atoms with E-state index >= 15 is 0 Å². The van der Waals surface area contributed by atoms with Crippen molar-refractivity contribution in [2.75, 3.05) is 6.61 Å². The first-order valence-electron chi connectivity index (χ1n) is 7.28. The van der Waals surface area contributed by atoms with E-state index in [0.29, 0.717) is 11.5 Å². The van der Waals surface area contributed by atoms with Gasteiger partial charge in [-0.25, -0.2) is 0 Å². The standard InChI is InChI=1S/C15H30O/c1-4-5-6-7-8-9-10-11-12-14-15(2,3)13-16-14/h14H,4-13H2,1-3H3. The predicted molar refractivity (Wildman–Crippen MR) is 70.7 cm³/mol. The molecule has 0 amide bonds. The van der Waals surface area contributed by atoms with Crippen molar-refractivity contribution in [3.8, 4) is 0 Å². The first kappa shape index (κ1) is 14.0. The molecule has 1 rings (SSSR count). The van der Waals surface area contributed by atoms with Crippen LogP contribution in [0.15, 0.2) is 0 Å². The lowest BCUT2D eigenvalue weighted by atomic mass is 9.80. The zero-order valence-electron chi connectivity index (χ0n) is 11.6. The molecular weight excluding hydrogens is 196 g/mol. The maximum atomic E-state index is 5.61. The van der Waals surface area contributed by atoms with Gasteiger partial charge in [0, 0.05) is 5.41 Å².